The fraction of sp³-hybridized carbons (Fsp3) is 0.435. The lowest BCUT2D eigenvalue weighted by molar-refractivity contribution is -0.139. The molecule has 0 aromatic heterocycles. The molecule has 4 aliphatic rings. The molecule has 3 fully saturated rings. The minimum absolute atomic E-state index is 0.167. The minimum atomic E-state index is -0.203. The molecular weight excluding hydrogens is 339 g/mol. The Morgan fingerprint density at radius 3 is 2.59 bits per heavy atom. The van der Waals surface area contributed by atoms with Crippen LogP contribution in [0.1, 0.15) is 42.4 Å². The summed E-state index contributed by atoms with van der Waals surface area (Å²) in [4.78, 5) is 14.8. The SMILES string of the molecule is Cc1c(NC(=O)CC23CC(C2)C3)ccc2c1CCN(c1ccc(F)cc1)C2. The lowest BCUT2D eigenvalue weighted by atomic mass is 9.43. The van der Waals surface area contributed by atoms with E-state index in [4.69, 9.17) is 0 Å². The molecular formula is C23H25FN2O. The maximum atomic E-state index is 13.2. The molecule has 2 aromatic carbocycles. The minimum Gasteiger partial charge on any atom is -0.367 e. The molecule has 0 spiro atoms. The van der Waals surface area contributed by atoms with Crippen molar-refractivity contribution in [2.45, 2.75) is 45.6 Å². The number of nitrogens with zero attached hydrogens (tertiary/aromatic N) is 1. The lowest BCUT2D eigenvalue weighted by Gasteiger charge is -2.61. The highest BCUT2D eigenvalue weighted by Crippen LogP contribution is 2.66. The van der Waals surface area contributed by atoms with Crippen LogP contribution < -0.4 is 10.2 Å². The van der Waals surface area contributed by atoms with Gasteiger partial charge in [-0.25, -0.2) is 4.39 Å². The third kappa shape index (κ3) is 2.91. The molecule has 2 aromatic rings. The van der Waals surface area contributed by atoms with Crippen molar-refractivity contribution in [3.8, 4) is 0 Å². The summed E-state index contributed by atoms with van der Waals surface area (Å²) < 4.78 is 13.2. The van der Waals surface area contributed by atoms with Crippen LogP contribution in [0.2, 0.25) is 0 Å². The number of carbonyl (C=O) groups excluding carboxylic acids is 1. The normalized spacial score (nSPS) is 25.3. The number of anilines is 2. The van der Waals surface area contributed by atoms with Gasteiger partial charge in [0.15, 0.2) is 0 Å². The molecule has 0 radical (unpaired) electrons. The van der Waals surface area contributed by atoms with E-state index in [2.05, 4.69) is 23.2 Å². The molecule has 27 heavy (non-hydrogen) atoms. The number of nitrogens with one attached hydrogen (secondary N) is 1. The van der Waals surface area contributed by atoms with Gasteiger partial charge in [-0.15, -0.1) is 0 Å². The first-order chi connectivity index (χ1) is 13.0. The van der Waals surface area contributed by atoms with Crippen molar-refractivity contribution >= 4 is 17.3 Å². The average Bonchev–Trinajstić information content (AvgIpc) is 2.60. The van der Waals surface area contributed by atoms with Gasteiger partial charge in [0.25, 0.3) is 0 Å². The number of carbonyl (C=O) groups is 1. The van der Waals surface area contributed by atoms with Crippen LogP contribution in [0.25, 0.3) is 0 Å². The number of halogens is 1. The third-order valence-corrected chi connectivity index (χ3v) is 6.85. The summed E-state index contributed by atoms with van der Waals surface area (Å²) in [5, 5.41) is 3.16. The van der Waals surface area contributed by atoms with Crippen LogP contribution >= 0.6 is 0 Å². The first kappa shape index (κ1) is 16.8. The second-order valence-electron chi connectivity index (χ2n) is 8.73. The Hall–Kier alpha value is -2.36. The van der Waals surface area contributed by atoms with Crippen molar-refractivity contribution in [1.82, 2.24) is 0 Å². The van der Waals surface area contributed by atoms with E-state index in [0.29, 0.717) is 11.8 Å². The van der Waals surface area contributed by atoms with Gasteiger partial charge in [0.2, 0.25) is 5.91 Å². The zero-order chi connectivity index (χ0) is 18.6. The molecule has 1 amide bonds. The number of hydrogen-bond donors (Lipinski definition) is 1. The van der Waals surface area contributed by atoms with Crippen LogP contribution in [0.3, 0.4) is 0 Å². The maximum absolute atomic E-state index is 13.2. The molecule has 2 bridgehead atoms. The van der Waals surface area contributed by atoms with E-state index in [9.17, 15) is 9.18 Å². The molecule has 0 atom stereocenters. The number of amides is 1. The first-order valence-electron chi connectivity index (χ1n) is 9.93. The van der Waals surface area contributed by atoms with E-state index in [1.165, 1.54) is 48.1 Å². The quantitative estimate of drug-likeness (QED) is 0.843. The number of hydrogen-bond acceptors (Lipinski definition) is 2. The largest absolute Gasteiger partial charge is 0.367 e. The van der Waals surface area contributed by atoms with Crippen LogP contribution in [-0.4, -0.2) is 12.5 Å². The number of benzene rings is 2. The maximum Gasteiger partial charge on any atom is 0.224 e. The summed E-state index contributed by atoms with van der Waals surface area (Å²) in [6.45, 7) is 3.84. The Morgan fingerprint density at radius 2 is 1.93 bits per heavy atom. The fourth-order valence-electron chi connectivity index (χ4n) is 5.26. The molecule has 3 aliphatic carbocycles. The Bertz CT molecular complexity index is 888. The van der Waals surface area contributed by atoms with Gasteiger partial charge in [-0.3, -0.25) is 4.79 Å². The van der Waals surface area contributed by atoms with Gasteiger partial charge in [-0.1, -0.05) is 6.07 Å². The fourth-order valence-corrected chi connectivity index (χ4v) is 5.26. The van der Waals surface area contributed by atoms with Crippen LogP contribution in [-0.2, 0) is 17.8 Å². The van der Waals surface area contributed by atoms with E-state index in [0.717, 1.165) is 36.8 Å². The highest BCUT2D eigenvalue weighted by molar-refractivity contribution is 5.92. The summed E-state index contributed by atoms with van der Waals surface area (Å²) in [7, 11) is 0. The van der Waals surface area contributed by atoms with Gasteiger partial charge in [0.1, 0.15) is 5.82 Å². The summed E-state index contributed by atoms with van der Waals surface area (Å²) in [5.41, 5.74) is 6.18. The van der Waals surface area contributed by atoms with Crippen LogP contribution in [0.5, 0.6) is 0 Å². The Morgan fingerprint density at radius 1 is 1.19 bits per heavy atom. The highest BCUT2D eigenvalue weighted by Gasteiger charge is 2.56. The zero-order valence-electron chi connectivity index (χ0n) is 15.7. The molecule has 1 aliphatic heterocycles. The Kier molecular flexibility index (Phi) is 3.78. The summed E-state index contributed by atoms with van der Waals surface area (Å²) >= 11 is 0. The monoisotopic (exact) mass is 364 g/mol. The molecule has 6 rings (SSSR count). The molecule has 3 nitrogen and oxygen atoms in total. The predicted octanol–water partition coefficient (Wildman–Crippen LogP) is 4.83. The molecule has 1 heterocycles. The third-order valence-electron chi connectivity index (χ3n) is 6.85. The molecule has 3 saturated carbocycles. The Labute approximate surface area is 159 Å². The molecule has 140 valence electrons. The van der Waals surface area contributed by atoms with E-state index in [1.807, 2.05) is 18.2 Å². The van der Waals surface area contributed by atoms with Gasteiger partial charge in [0, 0.05) is 30.9 Å². The van der Waals surface area contributed by atoms with Crippen molar-refractivity contribution in [3.05, 3.63) is 58.9 Å². The van der Waals surface area contributed by atoms with Gasteiger partial charge in [0.05, 0.1) is 0 Å². The van der Waals surface area contributed by atoms with Crippen LogP contribution in [0.4, 0.5) is 15.8 Å². The van der Waals surface area contributed by atoms with Crippen molar-refractivity contribution < 1.29 is 9.18 Å². The van der Waals surface area contributed by atoms with Gasteiger partial charge < -0.3 is 10.2 Å². The molecule has 0 saturated heterocycles. The van der Waals surface area contributed by atoms with E-state index >= 15 is 0 Å². The summed E-state index contributed by atoms with van der Waals surface area (Å²) in [5.74, 6) is 0.874. The zero-order valence-corrected chi connectivity index (χ0v) is 15.7. The Balaban J connectivity index is 1.30. The average molecular weight is 364 g/mol. The van der Waals surface area contributed by atoms with Crippen molar-refractivity contribution in [1.29, 1.82) is 0 Å². The van der Waals surface area contributed by atoms with Crippen molar-refractivity contribution in [2.75, 3.05) is 16.8 Å². The van der Waals surface area contributed by atoms with Crippen LogP contribution in [0.15, 0.2) is 36.4 Å². The standard InChI is InChI=1S/C23H25FN2O/c1-15-20-8-9-26(19-5-3-18(24)4-6-19)14-17(20)2-7-21(15)25-22(27)13-23-10-16(11-23)12-23/h2-7,16H,8-14H2,1H3,(H,25,27). The molecule has 0 unspecified atom stereocenters. The van der Waals surface area contributed by atoms with Crippen molar-refractivity contribution in [3.63, 3.8) is 0 Å². The predicted molar refractivity (Wildman–Crippen MR) is 105 cm³/mol. The topological polar surface area (TPSA) is 32.3 Å². The van der Waals surface area contributed by atoms with Crippen molar-refractivity contribution in [2.24, 2.45) is 11.3 Å². The van der Waals surface area contributed by atoms with Gasteiger partial charge in [-0.05, 0) is 91.0 Å². The smallest absolute Gasteiger partial charge is 0.224 e. The number of rotatable bonds is 4. The highest BCUT2D eigenvalue weighted by atomic mass is 19.1. The number of fused-ring (bicyclic) bond motifs is 1. The second-order valence-corrected chi connectivity index (χ2v) is 8.73. The first-order valence-corrected chi connectivity index (χ1v) is 9.93. The summed E-state index contributed by atoms with van der Waals surface area (Å²) in [6, 6.07) is 10.9. The molecule has 1 N–H and O–H groups in total. The molecule has 4 heteroatoms. The van der Waals surface area contributed by atoms with Gasteiger partial charge in [-0.2, -0.15) is 0 Å². The second kappa shape index (κ2) is 6.08. The van der Waals surface area contributed by atoms with E-state index < -0.39 is 0 Å². The van der Waals surface area contributed by atoms with E-state index in [-0.39, 0.29) is 11.7 Å². The lowest BCUT2D eigenvalue weighted by Crippen LogP contribution is -2.53. The van der Waals surface area contributed by atoms with Gasteiger partial charge >= 0.3 is 0 Å². The van der Waals surface area contributed by atoms with E-state index in [1.54, 1.807) is 0 Å². The van der Waals surface area contributed by atoms with Crippen LogP contribution in [0, 0.1) is 24.1 Å². The summed E-state index contributed by atoms with van der Waals surface area (Å²) in [6.07, 6.45) is 5.38.